The normalized spacial score (nSPS) is 10.3. The number of ether oxygens (including phenoxy) is 2. The van der Waals surface area contributed by atoms with Gasteiger partial charge < -0.3 is 15.2 Å². The van der Waals surface area contributed by atoms with E-state index in [1.54, 1.807) is 7.11 Å². The van der Waals surface area contributed by atoms with Crippen molar-refractivity contribution >= 4 is 0 Å². The van der Waals surface area contributed by atoms with Gasteiger partial charge >= 0.3 is 0 Å². The number of hydrogen-bond donors (Lipinski definition) is 1. The molecule has 0 radical (unpaired) electrons. The summed E-state index contributed by atoms with van der Waals surface area (Å²) in [6.45, 7) is 2.80. The highest BCUT2D eigenvalue weighted by atomic mass is 16.5. The van der Waals surface area contributed by atoms with Crippen LogP contribution in [0.2, 0.25) is 0 Å². The van der Waals surface area contributed by atoms with Crippen LogP contribution in [0, 0.1) is 6.92 Å². The van der Waals surface area contributed by atoms with Crippen LogP contribution in [0.1, 0.15) is 17.0 Å². The maximum atomic E-state index is 5.76. The molecule has 0 aliphatic rings. The van der Waals surface area contributed by atoms with E-state index in [-0.39, 0.29) is 0 Å². The fourth-order valence-corrected chi connectivity index (χ4v) is 1.76. The molecular weight excluding hydrogens is 240 g/mol. The topological polar surface area (TPSA) is 57.4 Å². The lowest BCUT2D eigenvalue weighted by Gasteiger charge is -2.10. The van der Waals surface area contributed by atoms with Gasteiger partial charge in [0.05, 0.1) is 12.8 Å². The van der Waals surface area contributed by atoms with Crippen LogP contribution in [0.15, 0.2) is 36.4 Å². The van der Waals surface area contributed by atoms with E-state index in [0.717, 1.165) is 28.5 Å². The van der Waals surface area contributed by atoms with Gasteiger partial charge in [0.1, 0.15) is 18.1 Å². The summed E-state index contributed by atoms with van der Waals surface area (Å²) in [5, 5.41) is 0. The highest BCUT2D eigenvalue weighted by Crippen LogP contribution is 2.19. The van der Waals surface area contributed by atoms with Crippen molar-refractivity contribution in [3.05, 3.63) is 53.3 Å². The van der Waals surface area contributed by atoms with Gasteiger partial charge in [0.25, 0.3) is 0 Å². The first-order valence-electron chi connectivity index (χ1n) is 6.15. The third kappa shape index (κ3) is 3.45. The Labute approximate surface area is 113 Å². The second kappa shape index (κ2) is 6.20. The van der Waals surface area contributed by atoms with Crippen molar-refractivity contribution < 1.29 is 9.47 Å². The van der Waals surface area contributed by atoms with Crippen LogP contribution in [-0.4, -0.2) is 12.1 Å². The third-order valence-electron chi connectivity index (χ3n) is 2.82. The van der Waals surface area contributed by atoms with E-state index in [1.807, 2.05) is 43.3 Å². The zero-order valence-corrected chi connectivity index (χ0v) is 11.2. The number of nitrogens with zero attached hydrogens (tertiary/aromatic N) is 1. The second-order valence-corrected chi connectivity index (χ2v) is 4.24. The second-order valence-electron chi connectivity index (χ2n) is 4.24. The summed E-state index contributed by atoms with van der Waals surface area (Å²) in [7, 11) is 1.65. The minimum atomic E-state index is 0.375. The molecule has 4 nitrogen and oxygen atoms in total. The molecule has 2 rings (SSSR count). The van der Waals surface area contributed by atoms with Crippen molar-refractivity contribution in [1.29, 1.82) is 0 Å². The number of nitrogens with two attached hydrogens (primary N) is 1. The Morgan fingerprint density at radius 2 is 1.84 bits per heavy atom. The number of pyridine rings is 1. The Balaban J connectivity index is 2.05. The molecule has 0 aliphatic heterocycles. The van der Waals surface area contributed by atoms with Crippen molar-refractivity contribution in [1.82, 2.24) is 4.98 Å². The average molecular weight is 258 g/mol. The van der Waals surface area contributed by atoms with E-state index >= 15 is 0 Å². The molecule has 1 heterocycles. The fraction of sp³-hybridized carbons (Fsp3) is 0.267. The minimum absolute atomic E-state index is 0.375. The van der Waals surface area contributed by atoms with Crippen LogP contribution >= 0.6 is 0 Å². The Kier molecular flexibility index (Phi) is 4.36. The van der Waals surface area contributed by atoms with Crippen molar-refractivity contribution in [3.63, 3.8) is 0 Å². The number of hydrogen-bond acceptors (Lipinski definition) is 4. The predicted octanol–water partition coefficient (Wildman–Crippen LogP) is 2.44. The van der Waals surface area contributed by atoms with Gasteiger partial charge in [-0.1, -0.05) is 12.1 Å². The van der Waals surface area contributed by atoms with E-state index in [9.17, 15) is 0 Å². The van der Waals surface area contributed by atoms with Crippen molar-refractivity contribution in [2.24, 2.45) is 5.73 Å². The monoisotopic (exact) mass is 258 g/mol. The molecule has 0 fully saturated rings. The van der Waals surface area contributed by atoms with Crippen LogP contribution in [-0.2, 0) is 13.2 Å². The molecule has 2 aromatic rings. The highest BCUT2D eigenvalue weighted by Gasteiger charge is 2.04. The van der Waals surface area contributed by atoms with Crippen LogP contribution in [0.5, 0.6) is 11.5 Å². The van der Waals surface area contributed by atoms with Crippen LogP contribution in [0.4, 0.5) is 0 Å². The van der Waals surface area contributed by atoms with Gasteiger partial charge in [0.2, 0.25) is 0 Å². The molecule has 1 aromatic carbocycles. The van der Waals surface area contributed by atoms with Gasteiger partial charge in [-0.25, -0.2) is 0 Å². The lowest BCUT2D eigenvalue weighted by Crippen LogP contribution is -2.05. The largest absolute Gasteiger partial charge is 0.497 e. The number of methoxy groups -OCH3 is 1. The molecule has 0 bridgehead atoms. The zero-order valence-electron chi connectivity index (χ0n) is 11.2. The Morgan fingerprint density at radius 3 is 2.47 bits per heavy atom. The molecule has 100 valence electrons. The van der Waals surface area contributed by atoms with Gasteiger partial charge in [0, 0.05) is 12.2 Å². The average Bonchev–Trinajstić information content (AvgIpc) is 2.46. The summed E-state index contributed by atoms with van der Waals surface area (Å²) in [6.07, 6.45) is 0. The SMILES string of the molecule is COc1ccc(COc2ccc(C)nc2CN)cc1. The summed E-state index contributed by atoms with van der Waals surface area (Å²) in [6, 6.07) is 11.6. The van der Waals surface area contributed by atoms with Crippen molar-refractivity contribution in [3.8, 4) is 11.5 Å². The number of aryl methyl sites for hydroxylation is 1. The van der Waals surface area contributed by atoms with E-state index in [2.05, 4.69) is 4.98 Å². The number of rotatable bonds is 5. The van der Waals surface area contributed by atoms with Crippen molar-refractivity contribution in [2.75, 3.05) is 7.11 Å². The molecule has 19 heavy (non-hydrogen) atoms. The first-order chi connectivity index (χ1) is 9.22. The van der Waals surface area contributed by atoms with Crippen LogP contribution in [0.3, 0.4) is 0 Å². The number of benzene rings is 1. The number of aromatic nitrogens is 1. The van der Waals surface area contributed by atoms with E-state index in [0.29, 0.717) is 13.2 Å². The lowest BCUT2D eigenvalue weighted by molar-refractivity contribution is 0.301. The maximum Gasteiger partial charge on any atom is 0.142 e. The molecule has 2 N–H and O–H groups in total. The van der Waals surface area contributed by atoms with E-state index in [4.69, 9.17) is 15.2 Å². The Morgan fingerprint density at radius 1 is 1.11 bits per heavy atom. The molecule has 0 amide bonds. The molecule has 0 spiro atoms. The smallest absolute Gasteiger partial charge is 0.142 e. The molecule has 0 unspecified atom stereocenters. The van der Waals surface area contributed by atoms with Gasteiger partial charge in [0.15, 0.2) is 0 Å². The molecular formula is C15H18N2O2. The highest BCUT2D eigenvalue weighted by molar-refractivity contribution is 5.30. The van der Waals surface area contributed by atoms with Gasteiger partial charge in [-0.2, -0.15) is 0 Å². The molecule has 0 saturated carbocycles. The molecule has 0 aliphatic carbocycles. The molecule has 0 atom stereocenters. The quantitative estimate of drug-likeness (QED) is 0.895. The summed E-state index contributed by atoms with van der Waals surface area (Å²) in [5.41, 5.74) is 8.47. The standard InChI is InChI=1S/C15H18N2O2/c1-11-3-8-15(14(9-16)17-11)19-10-12-4-6-13(18-2)7-5-12/h3-8H,9-10,16H2,1-2H3. The molecule has 0 saturated heterocycles. The zero-order chi connectivity index (χ0) is 13.7. The minimum Gasteiger partial charge on any atom is -0.497 e. The van der Waals surface area contributed by atoms with Crippen LogP contribution in [0.25, 0.3) is 0 Å². The summed E-state index contributed by atoms with van der Waals surface area (Å²) < 4.78 is 10.9. The summed E-state index contributed by atoms with van der Waals surface area (Å²) in [4.78, 5) is 4.36. The first kappa shape index (κ1) is 13.4. The summed E-state index contributed by atoms with van der Waals surface area (Å²) in [5.74, 6) is 1.58. The Hall–Kier alpha value is -2.07. The Bertz CT molecular complexity index is 538. The van der Waals surface area contributed by atoms with Crippen molar-refractivity contribution in [2.45, 2.75) is 20.1 Å². The third-order valence-corrected chi connectivity index (χ3v) is 2.82. The van der Waals surface area contributed by atoms with Gasteiger partial charge in [-0.15, -0.1) is 0 Å². The van der Waals surface area contributed by atoms with E-state index in [1.165, 1.54) is 0 Å². The van der Waals surface area contributed by atoms with Crippen LogP contribution < -0.4 is 15.2 Å². The predicted molar refractivity (Wildman–Crippen MR) is 74.2 cm³/mol. The maximum absolute atomic E-state index is 5.76. The molecule has 4 heteroatoms. The fourth-order valence-electron chi connectivity index (χ4n) is 1.76. The lowest BCUT2D eigenvalue weighted by atomic mass is 10.2. The van der Waals surface area contributed by atoms with Gasteiger partial charge in [-0.05, 0) is 36.8 Å². The summed E-state index contributed by atoms with van der Waals surface area (Å²) >= 11 is 0. The molecule has 1 aromatic heterocycles. The first-order valence-corrected chi connectivity index (χ1v) is 6.15. The van der Waals surface area contributed by atoms with E-state index < -0.39 is 0 Å². The van der Waals surface area contributed by atoms with Gasteiger partial charge in [-0.3, -0.25) is 4.98 Å².